The van der Waals surface area contributed by atoms with E-state index in [0.29, 0.717) is 18.8 Å². The maximum atomic E-state index is 10.2. The van der Waals surface area contributed by atoms with Gasteiger partial charge in [0.15, 0.2) is 0 Å². The highest BCUT2D eigenvalue weighted by Gasteiger charge is 2.30. The highest BCUT2D eigenvalue weighted by atomic mass is 16.3. The maximum absolute atomic E-state index is 10.2. The Balaban J connectivity index is 1.88. The molecule has 2 rings (SSSR count). The fraction of sp³-hybridized carbons (Fsp3) is 0.538. The smallest absolute Gasteiger partial charge is 0.144 e. The van der Waals surface area contributed by atoms with Crippen LogP contribution in [0, 0.1) is 11.3 Å². The molecule has 4 heteroatoms. The molecule has 0 saturated heterocycles. The summed E-state index contributed by atoms with van der Waals surface area (Å²) in [7, 11) is 0. The molecule has 1 aromatic heterocycles. The summed E-state index contributed by atoms with van der Waals surface area (Å²) in [4.78, 5) is 4.00. The number of nitrogens with one attached hydrogen (secondary N) is 1. The van der Waals surface area contributed by atoms with Crippen molar-refractivity contribution in [2.45, 2.75) is 37.8 Å². The monoisotopic (exact) mass is 231 g/mol. The number of nitrogens with zero attached hydrogens (tertiary/aromatic N) is 2. The van der Waals surface area contributed by atoms with Crippen molar-refractivity contribution >= 4 is 0 Å². The van der Waals surface area contributed by atoms with E-state index in [9.17, 15) is 5.11 Å². The summed E-state index contributed by atoms with van der Waals surface area (Å²) in [6.07, 6.45) is 5.58. The van der Waals surface area contributed by atoms with E-state index < -0.39 is 5.60 Å². The lowest BCUT2D eigenvalue weighted by atomic mass is 10.0. The van der Waals surface area contributed by atoms with Crippen LogP contribution >= 0.6 is 0 Å². The van der Waals surface area contributed by atoms with Gasteiger partial charge in [-0.05, 0) is 18.9 Å². The first kappa shape index (κ1) is 12.0. The van der Waals surface area contributed by atoms with E-state index in [0.717, 1.165) is 31.2 Å². The van der Waals surface area contributed by atoms with Crippen molar-refractivity contribution in [3.05, 3.63) is 29.6 Å². The molecule has 0 radical (unpaired) electrons. The van der Waals surface area contributed by atoms with Crippen molar-refractivity contribution in [3.8, 4) is 6.07 Å². The lowest BCUT2D eigenvalue weighted by molar-refractivity contribution is 0.0474. The third-order valence-corrected chi connectivity index (χ3v) is 3.30. The van der Waals surface area contributed by atoms with E-state index >= 15 is 0 Å². The second kappa shape index (κ2) is 5.26. The number of pyridine rings is 1. The topological polar surface area (TPSA) is 68.9 Å². The Bertz CT molecular complexity index is 419. The molecule has 0 aromatic carbocycles. The number of hydrogen-bond donors (Lipinski definition) is 2. The third-order valence-electron chi connectivity index (χ3n) is 3.30. The lowest BCUT2D eigenvalue weighted by Crippen LogP contribution is -2.37. The Labute approximate surface area is 101 Å². The summed E-state index contributed by atoms with van der Waals surface area (Å²) in [5, 5.41) is 22.3. The van der Waals surface area contributed by atoms with Crippen molar-refractivity contribution in [2.24, 2.45) is 0 Å². The molecule has 0 aliphatic heterocycles. The fourth-order valence-electron chi connectivity index (χ4n) is 2.32. The van der Waals surface area contributed by atoms with Gasteiger partial charge in [0.05, 0.1) is 5.60 Å². The molecule has 1 saturated carbocycles. The average Bonchev–Trinajstić information content (AvgIpc) is 2.77. The molecule has 0 amide bonds. The van der Waals surface area contributed by atoms with Crippen LogP contribution in [0.4, 0.5) is 0 Å². The zero-order valence-electron chi connectivity index (χ0n) is 9.82. The summed E-state index contributed by atoms with van der Waals surface area (Å²) >= 11 is 0. The van der Waals surface area contributed by atoms with E-state index in [1.807, 2.05) is 12.1 Å². The van der Waals surface area contributed by atoms with Crippen LogP contribution in [0.25, 0.3) is 0 Å². The van der Waals surface area contributed by atoms with E-state index in [1.54, 1.807) is 6.20 Å². The SMILES string of the molecule is N#Cc1ncccc1CNCC1(O)CCCC1. The summed E-state index contributed by atoms with van der Waals surface area (Å²) in [5.74, 6) is 0. The van der Waals surface area contributed by atoms with Crippen LogP contribution in [-0.2, 0) is 6.54 Å². The number of hydrogen-bond acceptors (Lipinski definition) is 4. The average molecular weight is 231 g/mol. The Kier molecular flexibility index (Phi) is 3.72. The first-order valence-electron chi connectivity index (χ1n) is 6.01. The van der Waals surface area contributed by atoms with E-state index in [2.05, 4.69) is 16.4 Å². The molecule has 1 fully saturated rings. The van der Waals surface area contributed by atoms with Gasteiger partial charge in [-0.15, -0.1) is 0 Å². The van der Waals surface area contributed by atoms with Crippen LogP contribution < -0.4 is 5.32 Å². The Morgan fingerprint density at radius 3 is 2.94 bits per heavy atom. The molecule has 1 heterocycles. The van der Waals surface area contributed by atoms with Gasteiger partial charge in [0.25, 0.3) is 0 Å². The van der Waals surface area contributed by atoms with E-state index in [1.165, 1.54) is 0 Å². The van der Waals surface area contributed by atoms with Gasteiger partial charge in [0.1, 0.15) is 11.8 Å². The minimum Gasteiger partial charge on any atom is -0.389 e. The molecule has 0 unspecified atom stereocenters. The molecule has 1 aliphatic rings. The van der Waals surface area contributed by atoms with Crippen LogP contribution in [-0.4, -0.2) is 22.2 Å². The zero-order chi connectivity index (χ0) is 12.1. The Morgan fingerprint density at radius 1 is 1.47 bits per heavy atom. The molecule has 0 spiro atoms. The van der Waals surface area contributed by atoms with Gasteiger partial charge in [-0.3, -0.25) is 0 Å². The van der Waals surface area contributed by atoms with Crippen LogP contribution in [0.5, 0.6) is 0 Å². The molecule has 1 aromatic rings. The number of aliphatic hydroxyl groups is 1. The van der Waals surface area contributed by atoms with Crippen molar-refractivity contribution in [1.82, 2.24) is 10.3 Å². The summed E-state index contributed by atoms with van der Waals surface area (Å²) < 4.78 is 0. The van der Waals surface area contributed by atoms with Gasteiger partial charge in [-0.25, -0.2) is 4.98 Å². The molecule has 17 heavy (non-hydrogen) atoms. The van der Waals surface area contributed by atoms with Crippen LogP contribution in [0.15, 0.2) is 18.3 Å². The van der Waals surface area contributed by atoms with Crippen LogP contribution in [0.1, 0.15) is 36.9 Å². The second-order valence-corrected chi connectivity index (χ2v) is 4.66. The molecular weight excluding hydrogens is 214 g/mol. The molecule has 0 bridgehead atoms. The normalized spacial score (nSPS) is 17.9. The van der Waals surface area contributed by atoms with Crippen molar-refractivity contribution < 1.29 is 5.11 Å². The van der Waals surface area contributed by atoms with E-state index in [4.69, 9.17) is 5.26 Å². The zero-order valence-corrected chi connectivity index (χ0v) is 9.82. The third kappa shape index (κ3) is 3.02. The second-order valence-electron chi connectivity index (χ2n) is 4.66. The van der Waals surface area contributed by atoms with Crippen molar-refractivity contribution in [2.75, 3.05) is 6.54 Å². The van der Waals surface area contributed by atoms with E-state index in [-0.39, 0.29) is 0 Å². The summed E-state index contributed by atoms with van der Waals surface area (Å²) in [6.45, 7) is 1.17. The lowest BCUT2D eigenvalue weighted by Gasteiger charge is -2.22. The molecular formula is C13H17N3O. The number of nitriles is 1. The maximum Gasteiger partial charge on any atom is 0.144 e. The van der Waals surface area contributed by atoms with Crippen molar-refractivity contribution in [3.63, 3.8) is 0 Å². The first-order valence-corrected chi connectivity index (χ1v) is 6.01. The molecule has 1 aliphatic carbocycles. The number of aromatic nitrogens is 1. The molecule has 90 valence electrons. The predicted octanol–water partition coefficient (Wildman–Crippen LogP) is 1.35. The minimum atomic E-state index is -0.547. The fourth-order valence-corrected chi connectivity index (χ4v) is 2.32. The Hall–Kier alpha value is -1.44. The van der Waals surface area contributed by atoms with Gasteiger partial charge >= 0.3 is 0 Å². The molecule has 0 atom stereocenters. The van der Waals surface area contributed by atoms with Crippen LogP contribution in [0.2, 0.25) is 0 Å². The standard InChI is InChI=1S/C13H17N3O/c14-8-12-11(4-3-7-16-12)9-15-10-13(17)5-1-2-6-13/h3-4,7,15,17H,1-2,5-6,9-10H2. The highest BCUT2D eigenvalue weighted by molar-refractivity contribution is 5.30. The predicted molar refractivity (Wildman–Crippen MR) is 64.1 cm³/mol. The van der Waals surface area contributed by atoms with Gasteiger partial charge in [0.2, 0.25) is 0 Å². The first-order chi connectivity index (χ1) is 8.23. The van der Waals surface area contributed by atoms with Gasteiger partial charge in [0, 0.05) is 24.8 Å². The minimum absolute atomic E-state index is 0.457. The van der Waals surface area contributed by atoms with Gasteiger partial charge < -0.3 is 10.4 Å². The largest absolute Gasteiger partial charge is 0.389 e. The number of rotatable bonds is 4. The Morgan fingerprint density at radius 2 is 2.24 bits per heavy atom. The molecule has 4 nitrogen and oxygen atoms in total. The summed E-state index contributed by atoms with van der Waals surface area (Å²) in [6, 6.07) is 5.78. The molecule has 2 N–H and O–H groups in total. The van der Waals surface area contributed by atoms with Crippen LogP contribution in [0.3, 0.4) is 0 Å². The summed E-state index contributed by atoms with van der Waals surface area (Å²) in [5.41, 5.74) is 0.796. The van der Waals surface area contributed by atoms with Gasteiger partial charge in [-0.1, -0.05) is 18.9 Å². The van der Waals surface area contributed by atoms with Crippen molar-refractivity contribution in [1.29, 1.82) is 5.26 Å². The quantitative estimate of drug-likeness (QED) is 0.820. The van der Waals surface area contributed by atoms with Gasteiger partial charge in [-0.2, -0.15) is 5.26 Å². The highest BCUT2D eigenvalue weighted by Crippen LogP contribution is 2.28.